The predicted octanol–water partition coefficient (Wildman–Crippen LogP) is 0.868. The molecule has 6 nitrogen and oxygen atoms in total. The van der Waals surface area contributed by atoms with Gasteiger partial charge >= 0.3 is 12.0 Å². The third-order valence-electron chi connectivity index (χ3n) is 2.96. The molecule has 2 amide bonds. The van der Waals surface area contributed by atoms with Gasteiger partial charge in [0.1, 0.15) is 0 Å². The summed E-state index contributed by atoms with van der Waals surface area (Å²) < 4.78 is 0. The van der Waals surface area contributed by atoms with Crippen molar-refractivity contribution in [3.8, 4) is 0 Å². The Labute approximate surface area is 114 Å². The number of amides is 2. The molecule has 7 heteroatoms. The molecule has 0 aliphatic heterocycles. The molecule has 0 bridgehead atoms. The van der Waals surface area contributed by atoms with E-state index in [2.05, 4.69) is 5.32 Å². The Hall–Kier alpha value is -1.60. The summed E-state index contributed by atoms with van der Waals surface area (Å²) in [6.45, 7) is -0.143. The number of carbonyl (C=O) groups excluding carboxylic acids is 1. The van der Waals surface area contributed by atoms with Crippen molar-refractivity contribution in [2.24, 2.45) is 0 Å². The van der Waals surface area contributed by atoms with E-state index in [4.69, 9.17) is 10.2 Å². The number of carboxylic acid groups (broad SMARTS) is 1. The van der Waals surface area contributed by atoms with Crippen LogP contribution in [-0.2, 0) is 11.3 Å². The minimum Gasteiger partial charge on any atom is -0.480 e. The highest BCUT2D eigenvalue weighted by molar-refractivity contribution is 7.07. The molecule has 0 aromatic carbocycles. The molecule has 1 aliphatic rings. The molecule has 0 saturated heterocycles. The zero-order valence-electron chi connectivity index (χ0n) is 10.3. The number of nitrogens with zero attached hydrogens (tertiary/aromatic N) is 1. The summed E-state index contributed by atoms with van der Waals surface area (Å²) in [5.41, 5.74) is 1.03. The molecule has 19 heavy (non-hydrogen) atoms. The topological polar surface area (TPSA) is 89.9 Å². The van der Waals surface area contributed by atoms with Gasteiger partial charge in [-0.2, -0.15) is 11.3 Å². The van der Waals surface area contributed by atoms with Gasteiger partial charge in [-0.15, -0.1) is 0 Å². The first-order chi connectivity index (χ1) is 9.11. The van der Waals surface area contributed by atoms with Crippen LogP contribution in [0, 0.1) is 0 Å². The highest BCUT2D eigenvalue weighted by Crippen LogP contribution is 2.28. The molecule has 1 aromatic heterocycles. The zero-order valence-corrected chi connectivity index (χ0v) is 11.1. The molecule has 1 atom stereocenters. The summed E-state index contributed by atoms with van der Waals surface area (Å²) in [4.78, 5) is 24.5. The Morgan fingerprint density at radius 3 is 2.74 bits per heavy atom. The average Bonchev–Trinajstić information content (AvgIpc) is 3.09. The van der Waals surface area contributed by atoms with E-state index in [-0.39, 0.29) is 6.04 Å². The third-order valence-corrected chi connectivity index (χ3v) is 3.69. The van der Waals surface area contributed by atoms with E-state index in [1.54, 1.807) is 16.2 Å². The van der Waals surface area contributed by atoms with Crippen LogP contribution in [0.1, 0.15) is 18.4 Å². The minimum atomic E-state index is -1.25. The van der Waals surface area contributed by atoms with Gasteiger partial charge in [-0.05, 0) is 35.2 Å². The fourth-order valence-corrected chi connectivity index (χ4v) is 2.41. The Balaban J connectivity index is 1.98. The number of hydrogen-bond acceptors (Lipinski definition) is 4. The molecule has 1 fully saturated rings. The Kier molecular flexibility index (Phi) is 4.39. The first-order valence-electron chi connectivity index (χ1n) is 6.03. The third kappa shape index (κ3) is 3.68. The molecular weight excluding hydrogens is 268 g/mol. The number of carbonyl (C=O) groups is 2. The smallest absolute Gasteiger partial charge is 0.328 e. The molecule has 3 N–H and O–H groups in total. The number of aliphatic hydroxyl groups excluding tert-OH is 1. The number of hydrogen-bond donors (Lipinski definition) is 3. The van der Waals surface area contributed by atoms with Crippen molar-refractivity contribution in [1.29, 1.82) is 0 Å². The van der Waals surface area contributed by atoms with Gasteiger partial charge < -0.3 is 20.4 Å². The molecule has 104 valence electrons. The first kappa shape index (κ1) is 13.8. The van der Waals surface area contributed by atoms with Crippen molar-refractivity contribution in [2.45, 2.75) is 31.5 Å². The molecule has 0 radical (unpaired) electrons. The first-order valence-corrected chi connectivity index (χ1v) is 6.98. The normalized spacial score (nSPS) is 15.8. The summed E-state index contributed by atoms with van der Waals surface area (Å²) in [6, 6.07) is 0.424. The van der Waals surface area contributed by atoms with Crippen LogP contribution in [0.3, 0.4) is 0 Å². The Morgan fingerprint density at radius 2 is 2.26 bits per heavy atom. The van der Waals surface area contributed by atoms with Crippen LogP contribution in [0.25, 0.3) is 0 Å². The highest BCUT2D eigenvalue weighted by Gasteiger charge is 2.34. The summed E-state index contributed by atoms with van der Waals surface area (Å²) in [7, 11) is 0. The van der Waals surface area contributed by atoms with Crippen LogP contribution < -0.4 is 5.32 Å². The molecule has 0 spiro atoms. The Morgan fingerprint density at radius 1 is 1.53 bits per heavy atom. The van der Waals surface area contributed by atoms with Gasteiger partial charge in [-0.3, -0.25) is 0 Å². The molecule has 2 rings (SSSR count). The van der Waals surface area contributed by atoms with Gasteiger partial charge in [0.05, 0.1) is 6.61 Å². The summed E-state index contributed by atoms with van der Waals surface area (Å²) in [6.07, 6.45) is 1.88. The maximum absolute atomic E-state index is 12.1. The number of aliphatic hydroxyl groups is 1. The van der Waals surface area contributed by atoms with Crippen LogP contribution in [0.4, 0.5) is 4.79 Å². The van der Waals surface area contributed by atoms with Crippen LogP contribution in [0.2, 0.25) is 0 Å². The number of nitrogens with one attached hydrogen (secondary N) is 1. The minimum absolute atomic E-state index is 0.174. The van der Waals surface area contributed by atoms with Gasteiger partial charge in [0.25, 0.3) is 0 Å². The molecule has 1 aliphatic carbocycles. The molecule has 1 heterocycles. The lowest BCUT2D eigenvalue weighted by molar-refractivity contribution is -0.140. The van der Waals surface area contributed by atoms with Gasteiger partial charge in [0.15, 0.2) is 6.04 Å². The number of rotatable bonds is 6. The lowest BCUT2D eigenvalue weighted by Crippen LogP contribution is -2.49. The standard InChI is InChI=1S/C12H16N2O4S/c15-6-10(11(16)17)13-12(18)14(9-1-2-9)5-8-3-4-19-7-8/h3-4,7,9-10,15H,1-2,5-6H2,(H,13,18)(H,16,17). The Bertz CT molecular complexity index is 445. The maximum atomic E-state index is 12.1. The maximum Gasteiger partial charge on any atom is 0.328 e. The zero-order chi connectivity index (χ0) is 13.8. The fourth-order valence-electron chi connectivity index (χ4n) is 1.75. The van der Waals surface area contributed by atoms with E-state index < -0.39 is 24.6 Å². The van der Waals surface area contributed by atoms with E-state index in [1.165, 1.54) is 0 Å². The molecule has 1 aromatic rings. The second-order valence-corrected chi connectivity index (χ2v) is 5.29. The van der Waals surface area contributed by atoms with Crippen molar-refractivity contribution >= 4 is 23.3 Å². The number of aliphatic carboxylic acids is 1. The summed E-state index contributed by atoms with van der Waals surface area (Å²) in [5.74, 6) is -1.23. The van der Waals surface area contributed by atoms with E-state index in [0.29, 0.717) is 6.54 Å². The average molecular weight is 284 g/mol. The lowest BCUT2D eigenvalue weighted by Gasteiger charge is -2.24. The number of carboxylic acids is 1. The summed E-state index contributed by atoms with van der Waals surface area (Å²) in [5, 5.41) is 24.0. The van der Waals surface area contributed by atoms with Crippen molar-refractivity contribution in [2.75, 3.05) is 6.61 Å². The second-order valence-electron chi connectivity index (χ2n) is 4.51. The van der Waals surface area contributed by atoms with E-state index in [0.717, 1.165) is 18.4 Å². The van der Waals surface area contributed by atoms with Crippen molar-refractivity contribution in [3.63, 3.8) is 0 Å². The second kappa shape index (κ2) is 6.03. The van der Waals surface area contributed by atoms with Crippen LogP contribution >= 0.6 is 11.3 Å². The van der Waals surface area contributed by atoms with Crippen LogP contribution in [0.15, 0.2) is 16.8 Å². The van der Waals surface area contributed by atoms with Crippen LogP contribution in [-0.4, -0.2) is 45.8 Å². The summed E-state index contributed by atoms with van der Waals surface area (Å²) >= 11 is 1.56. The highest BCUT2D eigenvalue weighted by atomic mass is 32.1. The largest absolute Gasteiger partial charge is 0.480 e. The van der Waals surface area contributed by atoms with Gasteiger partial charge in [-0.1, -0.05) is 0 Å². The number of thiophene rings is 1. The quantitative estimate of drug-likeness (QED) is 0.723. The molecule has 1 unspecified atom stereocenters. The van der Waals surface area contributed by atoms with Gasteiger partial charge in [0.2, 0.25) is 0 Å². The van der Waals surface area contributed by atoms with Crippen LogP contribution in [0.5, 0.6) is 0 Å². The molecule has 1 saturated carbocycles. The van der Waals surface area contributed by atoms with E-state index in [1.807, 2.05) is 16.8 Å². The predicted molar refractivity (Wildman–Crippen MR) is 69.9 cm³/mol. The number of urea groups is 1. The van der Waals surface area contributed by atoms with Crippen molar-refractivity contribution in [3.05, 3.63) is 22.4 Å². The van der Waals surface area contributed by atoms with E-state index >= 15 is 0 Å². The van der Waals surface area contributed by atoms with Crippen molar-refractivity contribution in [1.82, 2.24) is 10.2 Å². The lowest BCUT2D eigenvalue weighted by atomic mass is 10.3. The van der Waals surface area contributed by atoms with Gasteiger partial charge in [0, 0.05) is 12.6 Å². The fraction of sp³-hybridized carbons (Fsp3) is 0.500. The van der Waals surface area contributed by atoms with Crippen molar-refractivity contribution < 1.29 is 19.8 Å². The SMILES string of the molecule is O=C(O)C(CO)NC(=O)N(Cc1ccsc1)C1CC1. The van der Waals surface area contributed by atoms with Gasteiger partial charge in [-0.25, -0.2) is 9.59 Å². The molecular formula is C12H16N2O4S. The monoisotopic (exact) mass is 284 g/mol. The van der Waals surface area contributed by atoms with E-state index in [9.17, 15) is 9.59 Å².